The number of hydrogen-bond acceptors (Lipinski definition) is 5. The third kappa shape index (κ3) is 4.51. The molecule has 0 saturated carbocycles. The number of fused-ring (bicyclic) bond motifs is 1. The Bertz CT molecular complexity index is 744. The molecule has 3 rings (SSSR count). The molecule has 1 aromatic heterocycles. The predicted octanol–water partition coefficient (Wildman–Crippen LogP) is 2.14. The van der Waals surface area contributed by atoms with Gasteiger partial charge in [-0.3, -0.25) is 4.79 Å². The standard InChI is InChI=1S/C20H28N4O2/c1-23(13-14-26-2)12-9-21-20(25)17-15-16-7-3-4-8-18(16)22-19(17)24-10-5-6-11-24/h3-4,7-8,15H,5-6,9-14H2,1-2H3,(H,21,25). The lowest BCUT2D eigenvalue weighted by molar-refractivity contribution is 0.0948. The van der Waals surface area contributed by atoms with Crippen LogP contribution in [0.3, 0.4) is 0 Å². The topological polar surface area (TPSA) is 57.7 Å². The maximum Gasteiger partial charge on any atom is 0.255 e. The van der Waals surface area contributed by atoms with Crippen molar-refractivity contribution in [2.24, 2.45) is 0 Å². The van der Waals surface area contributed by atoms with E-state index >= 15 is 0 Å². The lowest BCUT2D eigenvalue weighted by Gasteiger charge is -2.21. The number of nitrogens with zero attached hydrogens (tertiary/aromatic N) is 3. The molecule has 1 N–H and O–H groups in total. The van der Waals surface area contributed by atoms with Crippen molar-refractivity contribution in [3.63, 3.8) is 0 Å². The van der Waals surface area contributed by atoms with E-state index in [9.17, 15) is 4.79 Å². The van der Waals surface area contributed by atoms with Crippen LogP contribution in [0.5, 0.6) is 0 Å². The van der Waals surface area contributed by atoms with Crippen LogP contribution in [0.25, 0.3) is 10.9 Å². The second kappa shape index (κ2) is 8.96. The van der Waals surface area contributed by atoms with Crippen molar-refractivity contribution in [3.8, 4) is 0 Å². The Labute approximate surface area is 155 Å². The quantitative estimate of drug-likeness (QED) is 0.785. The summed E-state index contributed by atoms with van der Waals surface area (Å²) < 4.78 is 5.08. The first-order chi connectivity index (χ1) is 12.7. The minimum atomic E-state index is -0.0507. The molecule has 0 spiro atoms. The molecule has 6 heteroatoms. The van der Waals surface area contributed by atoms with E-state index in [1.54, 1.807) is 7.11 Å². The number of carbonyl (C=O) groups is 1. The summed E-state index contributed by atoms with van der Waals surface area (Å²) in [6.07, 6.45) is 2.31. The number of para-hydroxylation sites is 1. The Morgan fingerprint density at radius 1 is 1.27 bits per heavy atom. The van der Waals surface area contributed by atoms with Crippen molar-refractivity contribution < 1.29 is 9.53 Å². The van der Waals surface area contributed by atoms with Crippen LogP contribution in [-0.4, -0.2) is 69.3 Å². The molecule has 1 amide bonds. The maximum atomic E-state index is 12.8. The minimum absolute atomic E-state index is 0.0507. The van der Waals surface area contributed by atoms with E-state index in [1.165, 1.54) is 0 Å². The molecule has 0 unspecified atom stereocenters. The van der Waals surface area contributed by atoms with Gasteiger partial charge in [-0.2, -0.15) is 0 Å². The van der Waals surface area contributed by atoms with Crippen LogP contribution in [0.4, 0.5) is 5.82 Å². The zero-order valence-electron chi connectivity index (χ0n) is 15.7. The summed E-state index contributed by atoms with van der Waals surface area (Å²) in [4.78, 5) is 22.0. The Morgan fingerprint density at radius 2 is 2.04 bits per heavy atom. The molecule has 2 aromatic rings. The van der Waals surface area contributed by atoms with Crippen LogP contribution in [-0.2, 0) is 4.74 Å². The number of likely N-dealkylation sites (N-methyl/N-ethyl adjacent to an activating group) is 1. The summed E-state index contributed by atoms with van der Waals surface area (Å²) >= 11 is 0. The number of benzene rings is 1. The zero-order chi connectivity index (χ0) is 18.4. The molecule has 1 saturated heterocycles. The highest BCUT2D eigenvalue weighted by molar-refractivity contribution is 6.02. The lowest BCUT2D eigenvalue weighted by atomic mass is 10.1. The van der Waals surface area contributed by atoms with Crippen LogP contribution in [0.15, 0.2) is 30.3 Å². The van der Waals surface area contributed by atoms with Crippen molar-refractivity contribution in [2.45, 2.75) is 12.8 Å². The van der Waals surface area contributed by atoms with Crippen molar-refractivity contribution in [1.82, 2.24) is 15.2 Å². The van der Waals surface area contributed by atoms with Crippen LogP contribution in [0.2, 0.25) is 0 Å². The Kier molecular flexibility index (Phi) is 6.41. The molecule has 0 bridgehead atoms. The molecule has 0 aliphatic carbocycles. The average Bonchev–Trinajstić information content (AvgIpc) is 3.19. The fraction of sp³-hybridized carbons (Fsp3) is 0.500. The number of pyridine rings is 1. The van der Waals surface area contributed by atoms with Crippen LogP contribution in [0.1, 0.15) is 23.2 Å². The summed E-state index contributed by atoms with van der Waals surface area (Å²) in [7, 11) is 3.72. The molecular formula is C20H28N4O2. The van der Waals surface area contributed by atoms with Gasteiger partial charge in [-0.1, -0.05) is 18.2 Å². The third-order valence-corrected chi connectivity index (χ3v) is 4.81. The number of rotatable bonds is 8. The predicted molar refractivity (Wildman–Crippen MR) is 105 cm³/mol. The number of nitrogens with one attached hydrogen (secondary N) is 1. The molecule has 6 nitrogen and oxygen atoms in total. The first-order valence-corrected chi connectivity index (χ1v) is 9.29. The van der Waals surface area contributed by atoms with Gasteiger partial charge in [0, 0.05) is 45.2 Å². The molecule has 0 atom stereocenters. The lowest BCUT2D eigenvalue weighted by Crippen LogP contribution is -2.35. The molecule has 1 aliphatic rings. The number of carbonyl (C=O) groups excluding carboxylic acids is 1. The van der Waals surface area contributed by atoms with Crippen molar-refractivity contribution in [2.75, 3.05) is 58.4 Å². The maximum absolute atomic E-state index is 12.8. The fourth-order valence-electron chi connectivity index (χ4n) is 3.26. The number of methoxy groups -OCH3 is 1. The number of hydrogen-bond donors (Lipinski definition) is 1. The van der Waals surface area contributed by atoms with Crippen LogP contribution in [0, 0.1) is 0 Å². The van der Waals surface area contributed by atoms with Crippen molar-refractivity contribution in [1.29, 1.82) is 0 Å². The largest absolute Gasteiger partial charge is 0.383 e. The monoisotopic (exact) mass is 356 g/mol. The van der Waals surface area contributed by atoms with E-state index in [4.69, 9.17) is 9.72 Å². The molecule has 1 aliphatic heterocycles. The van der Waals surface area contributed by atoms with Gasteiger partial charge in [-0.25, -0.2) is 4.98 Å². The van der Waals surface area contributed by atoms with Gasteiger partial charge in [-0.15, -0.1) is 0 Å². The highest BCUT2D eigenvalue weighted by Gasteiger charge is 2.21. The third-order valence-electron chi connectivity index (χ3n) is 4.81. The number of anilines is 1. The summed E-state index contributed by atoms with van der Waals surface area (Å²) in [5.41, 5.74) is 1.61. The first kappa shape index (κ1) is 18.6. The highest BCUT2D eigenvalue weighted by atomic mass is 16.5. The van der Waals surface area contributed by atoms with Gasteiger partial charge in [0.1, 0.15) is 5.82 Å². The highest BCUT2D eigenvalue weighted by Crippen LogP contribution is 2.26. The summed E-state index contributed by atoms with van der Waals surface area (Å²) in [5.74, 6) is 0.761. The molecule has 26 heavy (non-hydrogen) atoms. The van der Waals surface area contributed by atoms with E-state index in [-0.39, 0.29) is 5.91 Å². The van der Waals surface area contributed by atoms with Gasteiger partial charge in [-0.05, 0) is 32.0 Å². The normalized spacial score (nSPS) is 14.3. The van der Waals surface area contributed by atoms with E-state index in [0.717, 1.165) is 55.7 Å². The minimum Gasteiger partial charge on any atom is -0.383 e. The van der Waals surface area contributed by atoms with Gasteiger partial charge < -0.3 is 19.9 Å². The van der Waals surface area contributed by atoms with Crippen molar-refractivity contribution >= 4 is 22.6 Å². The number of amides is 1. The Morgan fingerprint density at radius 3 is 2.81 bits per heavy atom. The van der Waals surface area contributed by atoms with Gasteiger partial charge in [0.2, 0.25) is 0 Å². The zero-order valence-corrected chi connectivity index (χ0v) is 15.7. The van der Waals surface area contributed by atoms with Gasteiger partial charge in [0.25, 0.3) is 5.91 Å². The average molecular weight is 356 g/mol. The fourth-order valence-corrected chi connectivity index (χ4v) is 3.26. The molecular weight excluding hydrogens is 328 g/mol. The van der Waals surface area contributed by atoms with Gasteiger partial charge in [0.15, 0.2) is 0 Å². The first-order valence-electron chi connectivity index (χ1n) is 9.29. The van der Waals surface area contributed by atoms with Gasteiger partial charge in [0.05, 0.1) is 17.7 Å². The summed E-state index contributed by atoms with van der Waals surface area (Å²) in [6.45, 7) is 4.86. The Hall–Kier alpha value is -2.18. The summed E-state index contributed by atoms with van der Waals surface area (Å²) in [5, 5.41) is 4.04. The van der Waals surface area contributed by atoms with E-state index < -0.39 is 0 Å². The van der Waals surface area contributed by atoms with Crippen LogP contribution >= 0.6 is 0 Å². The SMILES string of the molecule is COCCN(C)CCNC(=O)c1cc2ccccc2nc1N1CCCC1. The molecule has 1 aromatic carbocycles. The second-order valence-electron chi connectivity index (χ2n) is 6.80. The molecule has 2 heterocycles. The summed E-state index contributed by atoms with van der Waals surface area (Å²) in [6, 6.07) is 9.94. The van der Waals surface area contributed by atoms with Crippen molar-refractivity contribution in [3.05, 3.63) is 35.9 Å². The van der Waals surface area contributed by atoms with Gasteiger partial charge >= 0.3 is 0 Å². The molecule has 140 valence electrons. The molecule has 1 fully saturated rings. The van der Waals surface area contributed by atoms with Crippen LogP contribution < -0.4 is 10.2 Å². The second-order valence-corrected chi connectivity index (χ2v) is 6.80. The smallest absolute Gasteiger partial charge is 0.255 e. The van der Waals surface area contributed by atoms with E-state index in [0.29, 0.717) is 18.7 Å². The number of ether oxygens (including phenoxy) is 1. The number of aromatic nitrogens is 1. The molecule has 0 radical (unpaired) electrons. The van der Waals surface area contributed by atoms with E-state index in [2.05, 4.69) is 15.1 Å². The van der Waals surface area contributed by atoms with E-state index in [1.807, 2.05) is 37.4 Å². The Balaban J connectivity index is 1.74.